The molecule has 140 valence electrons. The lowest BCUT2D eigenvalue weighted by atomic mass is 10.0. The molecule has 7 heteroatoms. The normalized spacial score (nSPS) is 11.4. The average Bonchev–Trinajstić information content (AvgIpc) is 3.01. The van der Waals surface area contributed by atoms with Gasteiger partial charge in [0.25, 0.3) is 5.91 Å². The molecular weight excluding hydrogens is 380 g/mol. The molecule has 0 saturated carbocycles. The molecule has 0 saturated heterocycles. The number of hydrogen-bond acceptors (Lipinski definition) is 5. The number of carbonyl (C=O) groups excluding carboxylic acids is 1. The van der Waals surface area contributed by atoms with Crippen molar-refractivity contribution in [3.8, 4) is 11.3 Å². The zero-order valence-electron chi connectivity index (χ0n) is 15.3. The third-order valence-electron chi connectivity index (χ3n) is 4.00. The number of anilines is 1. The van der Waals surface area contributed by atoms with E-state index in [1.807, 2.05) is 31.4 Å². The molecule has 1 aromatic heterocycles. The van der Waals surface area contributed by atoms with Crippen LogP contribution < -0.4 is 5.32 Å². The first kappa shape index (κ1) is 19.3. The minimum atomic E-state index is -3.16. The Labute approximate surface area is 163 Å². The molecule has 0 aliphatic rings. The van der Waals surface area contributed by atoms with Gasteiger partial charge in [0.2, 0.25) is 0 Å². The molecular formula is C20H20N2O3S2. The highest BCUT2D eigenvalue weighted by Gasteiger charge is 2.13. The maximum atomic E-state index is 12.5. The van der Waals surface area contributed by atoms with Gasteiger partial charge in [-0.3, -0.25) is 10.1 Å². The summed E-state index contributed by atoms with van der Waals surface area (Å²) in [6.07, 6.45) is 1.17. The third-order valence-corrected chi connectivity index (χ3v) is 5.62. The Kier molecular flexibility index (Phi) is 5.43. The molecule has 0 spiro atoms. The molecule has 0 fully saturated rings. The van der Waals surface area contributed by atoms with Crippen molar-refractivity contribution in [2.24, 2.45) is 0 Å². The van der Waals surface area contributed by atoms with Crippen LogP contribution in [0, 0.1) is 13.8 Å². The molecule has 1 heterocycles. The highest BCUT2D eigenvalue weighted by atomic mass is 32.2. The Morgan fingerprint density at radius 2 is 1.93 bits per heavy atom. The summed E-state index contributed by atoms with van der Waals surface area (Å²) < 4.78 is 22.9. The number of nitrogens with zero attached hydrogens (tertiary/aromatic N) is 1. The summed E-state index contributed by atoms with van der Waals surface area (Å²) in [5, 5.41) is 5.20. The number of aromatic nitrogens is 1. The van der Waals surface area contributed by atoms with E-state index in [-0.39, 0.29) is 11.7 Å². The predicted molar refractivity (Wildman–Crippen MR) is 110 cm³/mol. The van der Waals surface area contributed by atoms with E-state index in [4.69, 9.17) is 0 Å². The zero-order valence-corrected chi connectivity index (χ0v) is 16.9. The van der Waals surface area contributed by atoms with E-state index >= 15 is 0 Å². The minimum absolute atomic E-state index is 0.0950. The molecule has 0 aliphatic heterocycles. The Morgan fingerprint density at radius 3 is 2.63 bits per heavy atom. The van der Waals surface area contributed by atoms with Gasteiger partial charge >= 0.3 is 0 Å². The second kappa shape index (κ2) is 7.62. The van der Waals surface area contributed by atoms with Crippen LogP contribution in [-0.2, 0) is 15.6 Å². The lowest BCUT2D eigenvalue weighted by Crippen LogP contribution is -2.12. The van der Waals surface area contributed by atoms with E-state index in [1.165, 1.54) is 23.2 Å². The van der Waals surface area contributed by atoms with E-state index in [9.17, 15) is 13.2 Å². The van der Waals surface area contributed by atoms with Crippen molar-refractivity contribution < 1.29 is 13.2 Å². The molecule has 3 aromatic rings. The fraction of sp³-hybridized carbons (Fsp3) is 0.200. The lowest BCUT2D eigenvalue weighted by Gasteiger charge is -2.05. The molecule has 0 bridgehead atoms. The summed E-state index contributed by atoms with van der Waals surface area (Å²) in [6.45, 7) is 4.08. The van der Waals surface area contributed by atoms with Crippen LogP contribution in [0.25, 0.3) is 11.3 Å². The first-order chi connectivity index (χ1) is 12.7. The monoisotopic (exact) mass is 400 g/mol. The van der Waals surface area contributed by atoms with Gasteiger partial charge in [0.05, 0.1) is 11.4 Å². The molecule has 0 aliphatic carbocycles. The minimum Gasteiger partial charge on any atom is -0.298 e. The van der Waals surface area contributed by atoms with E-state index in [1.54, 1.807) is 24.3 Å². The van der Waals surface area contributed by atoms with Gasteiger partial charge in [0.1, 0.15) is 0 Å². The summed E-state index contributed by atoms with van der Waals surface area (Å²) in [6, 6.07) is 12.8. The second-order valence-corrected chi connectivity index (χ2v) is 9.58. The molecule has 2 aromatic carbocycles. The SMILES string of the molecule is Cc1ccc(-c2csc(NC(=O)c3cccc(CS(C)(=O)=O)c3)n2)c(C)c1. The standard InChI is InChI=1S/C20H20N2O3S2/c1-13-7-8-17(14(2)9-13)18-11-26-20(21-18)22-19(23)16-6-4-5-15(10-16)12-27(3,24)25/h4-11H,12H2,1-3H3,(H,21,22,23). The smallest absolute Gasteiger partial charge is 0.257 e. The number of thiazole rings is 1. The molecule has 3 rings (SSSR count). The highest BCUT2D eigenvalue weighted by Crippen LogP contribution is 2.28. The summed E-state index contributed by atoms with van der Waals surface area (Å²) in [7, 11) is -3.16. The number of aryl methyl sites for hydroxylation is 2. The summed E-state index contributed by atoms with van der Waals surface area (Å²) in [5.74, 6) is -0.408. The van der Waals surface area contributed by atoms with Gasteiger partial charge in [0, 0.05) is 22.8 Å². The van der Waals surface area contributed by atoms with Crippen molar-refractivity contribution in [3.05, 3.63) is 70.1 Å². The summed E-state index contributed by atoms with van der Waals surface area (Å²) in [5.41, 5.74) is 5.16. The Bertz CT molecular complexity index is 1100. The van der Waals surface area contributed by atoms with Crippen molar-refractivity contribution in [1.29, 1.82) is 0 Å². The van der Waals surface area contributed by atoms with Crippen LogP contribution in [0.5, 0.6) is 0 Å². The Balaban J connectivity index is 1.77. The fourth-order valence-corrected chi connectivity index (χ4v) is 4.32. The quantitative estimate of drug-likeness (QED) is 0.696. The molecule has 0 unspecified atom stereocenters. The topological polar surface area (TPSA) is 76.1 Å². The molecule has 0 atom stereocenters. The molecule has 1 amide bonds. The van der Waals surface area contributed by atoms with Crippen molar-refractivity contribution in [2.45, 2.75) is 19.6 Å². The van der Waals surface area contributed by atoms with E-state index in [0.717, 1.165) is 16.8 Å². The number of rotatable bonds is 5. The van der Waals surface area contributed by atoms with Crippen molar-refractivity contribution in [3.63, 3.8) is 0 Å². The van der Waals surface area contributed by atoms with E-state index in [2.05, 4.69) is 16.4 Å². The number of sulfone groups is 1. The first-order valence-electron chi connectivity index (χ1n) is 8.32. The Morgan fingerprint density at radius 1 is 1.15 bits per heavy atom. The second-order valence-electron chi connectivity index (χ2n) is 6.58. The number of carbonyl (C=O) groups is 1. The first-order valence-corrected chi connectivity index (χ1v) is 11.3. The van der Waals surface area contributed by atoms with E-state index in [0.29, 0.717) is 16.3 Å². The van der Waals surface area contributed by atoms with Crippen LogP contribution in [0.2, 0.25) is 0 Å². The van der Waals surface area contributed by atoms with Gasteiger partial charge in [0.15, 0.2) is 15.0 Å². The molecule has 27 heavy (non-hydrogen) atoms. The Hall–Kier alpha value is -2.51. The maximum Gasteiger partial charge on any atom is 0.257 e. The van der Waals surface area contributed by atoms with Crippen LogP contribution in [0.3, 0.4) is 0 Å². The maximum absolute atomic E-state index is 12.5. The van der Waals surface area contributed by atoms with Gasteiger partial charge < -0.3 is 0 Å². The van der Waals surface area contributed by atoms with Crippen LogP contribution in [0.4, 0.5) is 5.13 Å². The summed E-state index contributed by atoms with van der Waals surface area (Å²) in [4.78, 5) is 17.0. The van der Waals surface area contributed by atoms with Crippen LogP contribution in [0.15, 0.2) is 47.8 Å². The average molecular weight is 401 g/mol. The lowest BCUT2D eigenvalue weighted by molar-refractivity contribution is 0.102. The predicted octanol–water partition coefficient (Wildman–Crippen LogP) is 4.22. The van der Waals surface area contributed by atoms with Gasteiger partial charge in [-0.2, -0.15) is 0 Å². The largest absolute Gasteiger partial charge is 0.298 e. The van der Waals surface area contributed by atoms with Crippen LogP contribution in [0.1, 0.15) is 27.0 Å². The van der Waals surface area contributed by atoms with Gasteiger partial charge in [-0.1, -0.05) is 35.9 Å². The van der Waals surface area contributed by atoms with E-state index < -0.39 is 9.84 Å². The summed E-state index contributed by atoms with van der Waals surface area (Å²) >= 11 is 1.36. The number of hydrogen-bond donors (Lipinski definition) is 1. The molecule has 1 N–H and O–H groups in total. The third kappa shape index (κ3) is 5.02. The molecule has 5 nitrogen and oxygen atoms in total. The number of amides is 1. The fourth-order valence-electron chi connectivity index (χ4n) is 2.83. The van der Waals surface area contributed by atoms with Crippen molar-refractivity contribution in [1.82, 2.24) is 4.98 Å². The van der Waals surface area contributed by atoms with Gasteiger partial charge in [-0.15, -0.1) is 11.3 Å². The van der Waals surface area contributed by atoms with Crippen LogP contribution >= 0.6 is 11.3 Å². The number of benzene rings is 2. The van der Waals surface area contributed by atoms with Crippen molar-refractivity contribution >= 4 is 32.2 Å². The van der Waals surface area contributed by atoms with Crippen LogP contribution in [-0.4, -0.2) is 25.6 Å². The highest BCUT2D eigenvalue weighted by molar-refractivity contribution is 7.89. The van der Waals surface area contributed by atoms with Gasteiger partial charge in [-0.25, -0.2) is 13.4 Å². The zero-order chi connectivity index (χ0) is 19.6. The van der Waals surface area contributed by atoms with Gasteiger partial charge in [-0.05, 0) is 37.1 Å². The molecule has 0 radical (unpaired) electrons. The van der Waals surface area contributed by atoms with Crippen molar-refractivity contribution in [2.75, 3.05) is 11.6 Å². The number of nitrogens with one attached hydrogen (secondary N) is 1.